The summed E-state index contributed by atoms with van der Waals surface area (Å²) in [7, 11) is 1.74. The van der Waals surface area contributed by atoms with Gasteiger partial charge in [-0.3, -0.25) is 4.79 Å². The molecule has 1 aromatic carbocycles. The number of carbonyl (C=O) groups excluding carboxylic acids is 1. The average molecular weight is 407 g/mol. The lowest BCUT2D eigenvalue weighted by molar-refractivity contribution is -0.154. The molecule has 1 aromatic rings. The van der Waals surface area contributed by atoms with Gasteiger partial charge in [0.05, 0.1) is 11.9 Å². The standard InChI is InChI=1S/C21H27BrO3/c1-12(23)25-20-19(22)11-18-17-6-4-13-10-14(24-3)5-7-15(13)16(17)8-9-21(18,20)2/h5,7,10,16-20H,4,6,8-9,11H2,1-3H3/t16-,17-,18+,19+,20-,21+/m1/s1. The SMILES string of the molecule is COc1ccc2c(c1)CC[C@@H]1[C@@H]2CC[C@]2(C)[C@H](OC(C)=O)[C@@H](Br)C[C@@H]12. The molecule has 0 unspecified atom stereocenters. The first-order valence-corrected chi connectivity index (χ1v) is 10.3. The largest absolute Gasteiger partial charge is 0.497 e. The molecule has 0 N–H and O–H groups in total. The van der Waals surface area contributed by atoms with Gasteiger partial charge < -0.3 is 9.47 Å². The first-order chi connectivity index (χ1) is 11.9. The van der Waals surface area contributed by atoms with Gasteiger partial charge in [0.1, 0.15) is 11.9 Å². The van der Waals surface area contributed by atoms with Crippen LogP contribution in [-0.4, -0.2) is 24.0 Å². The van der Waals surface area contributed by atoms with Crippen LogP contribution in [0.2, 0.25) is 0 Å². The first-order valence-electron chi connectivity index (χ1n) is 9.42. The molecule has 6 atom stereocenters. The molecule has 25 heavy (non-hydrogen) atoms. The van der Waals surface area contributed by atoms with Crippen molar-refractivity contribution in [1.82, 2.24) is 0 Å². The minimum atomic E-state index is -0.153. The maximum absolute atomic E-state index is 11.6. The van der Waals surface area contributed by atoms with Gasteiger partial charge in [-0.05, 0) is 73.1 Å². The molecule has 136 valence electrons. The fraction of sp³-hybridized carbons (Fsp3) is 0.667. The van der Waals surface area contributed by atoms with Crippen molar-refractivity contribution in [2.24, 2.45) is 17.3 Å². The van der Waals surface area contributed by atoms with Crippen molar-refractivity contribution in [3.8, 4) is 5.75 Å². The van der Waals surface area contributed by atoms with Gasteiger partial charge >= 0.3 is 5.97 Å². The second-order valence-corrected chi connectivity index (χ2v) is 9.48. The second-order valence-electron chi connectivity index (χ2n) is 8.31. The van der Waals surface area contributed by atoms with Crippen molar-refractivity contribution in [2.75, 3.05) is 7.11 Å². The quantitative estimate of drug-likeness (QED) is 0.519. The summed E-state index contributed by atoms with van der Waals surface area (Å²) >= 11 is 3.83. The molecular formula is C21H27BrO3. The molecule has 0 aliphatic heterocycles. The van der Waals surface area contributed by atoms with Gasteiger partial charge in [0, 0.05) is 12.3 Å². The van der Waals surface area contributed by atoms with Gasteiger partial charge in [-0.25, -0.2) is 0 Å². The number of benzene rings is 1. The molecule has 2 saturated carbocycles. The number of methoxy groups -OCH3 is 1. The highest BCUT2D eigenvalue weighted by molar-refractivity contribution is 9.09. The molecule has 3 aliphatic carbocycles. The molecule has 0 aromatic heterocycles. The maximum atomic E-state index is 11.6. The van der Waals surface area contributed by atoms with Gasteiger partial charge in [-0.15, -0.1) is 0 Å². The summed E-state index contributed by atoms with van der Waals surface area (Å²) in [4.78, 5) is 11.9. The Labute approximate surface area is 158 Å². The highest BCUT2D eigenvalue weighted by atomic mass is 79.9. The van der Waals surface area contributed by atoms with Gasteiger partial charge in [-0.1, -0.05) is 28.9 Å². The summed E-state index contributed by atoms with van der Waals surface area (Å²) < 4.78 is 11.2. The van der Waals surface area contributed by atoms with E-state index in [1.807, 2.05) is 0 Å². The minimum Gasteiger partial charge on any atom is -0.497 e. The van der Waals surface area contributed by atoms with E-state index in [9.17, 15) is 4.79 Å². The van der Waals surface area contributed by atoms with Crippen molar-refractivity contribution in [3.63, 3.8) is 0 Å². The van der Waals surface area contributed by atoms with E-state index in [1.54, 1.807) is 7.11 Å². The van der Waals surface area contributed by atoms with Crippen LogP contribution in [0.5, 0.6) is 5.75 Å². The molecule has 0 spiro atoms. The summed E-state index contributed by atoms with van der Waals surface area (Å²) in [6.45, 7) is 3.89. The number of esters is 1. The number of fused-ring (bicyclic) bond motifs is 5. The first kappa shape index (κ1) is 17.4. The molecule has 2 fully saturated rings. The summed E-state index contributed by atoms with van der Waals surface area (Å²) in [5.74, 6) is 2.77. The lowest BCUT2D eigenvalue weighted by Gasteiger charge is -2.50. The lowest BCUT2D eigenvalue weighted by atomic mass is 9.55. The van der Waals surface area contributed by atoms with Crippen molar-refractivity contribution >= 4 is 21.9 Å². The van der Waals surface area contributed by atoms with E-state index in [0.717, 1.165) is 25.0 Å². The fourth-order valence-corrected chi connectivity index (χ4v) is 7.11. The molecule has 0 bridgehead atoms. The van der Waals surface area contributed by atoms with Crippen LogP contribution in [0, 0.1) is 17.3 Å². The van der Waals surface area contributed by atoms with E-state index in [-0.39, 0.29) is 22.3 Å². The Morgan fingerprint density at radius 2 is 2.12 bits per heavy atom. The highest BCUT2D eigenvalue weighted by Gasteiger charge is 2.59. The summed E-state index contributed by atoms with van der Waals surface area (Å²) in [6.07, 6.45) is 5.80. The van der Waals surface area contributed by atoms with Crippen molar-refractivity contribution in [2.45, 2.75) is 62.8 Å². The van der Waals surface area contributed by atoms with E-state index in [0.29, 0.717) is 17.8 Å². The molecular weight excluding hydrogens is 380 g/mol. The van der Waals surface area contributed by atoms with Crippen LogP contribution in [0.1, 0.15) is 56.6 Å². The van der Waals surface area contributed by atoms with Crippen molar-refractivity contribution in [3.05, 3.63) is 29.3 Å². The summed E-state index contributed by atoms with van der Waals surface area (Å²) in [5.41, 5.74) is 3.10. The zero-order valence-corrected chi connectivity index (χ0v) is 16.8. The Morgan fingerprint density at radius 3 is 2.84 bits per heavy atom. The second kappa shape index (κ2) is 6.29. The predicted octanol–water partition coefficient (Wildman–Crippen LogP) is 4.86. The maximum Gasteiger partial charge on any atom is 0.302 e. The number of aryl methyl sites for hydroxylation is 1. The molecule has 0 amide bonds. The van der Waals surface area contributed by atoms with Crippen molar-refractivity contribution in [1.29, 1.82) is 0 Å². The fourth-order valence-electron chi connectivity index (χ4n) is 6.00. The molecule has 0 heterocycles. The van der Waals surface area contributed by atoms with Crippen molar-refractivity contribution < 1.29 is 14.3 Å². The van der Waals surface area contributed by atoms with E-state index in [4.69, 9.17) is 9.47 Å². The third-order valence-corrected chi connectivity index (χ3v) is 7.98. The Hall–Kier alpha value is -1.03. The van der Waals surface area contributed by atoms with Crippen LogP contribution in [0.4, 0.5) is 0 Å². The Morgan fingerprint density at radius 1 is 1.32 bits per heavy atom. The average Bonchev–Trinajstić information content (AvgIpc) is 2.85. The normalized spacial score (nSPS) is 39.1. The van der Waals surface area contributed by atoms with E-state index in [2.05, 4.69) is 41.1 Å². The summed E-state index contributed by atoms with van der Waals surface area (Å²) in [6, 6.07) is 6.62. The number of hydrogen-bond donors (Lipinski definition) is 0. The number of ether oxygens (including phenoxy) is 2. The Bertz CT molecular complexity index is 688. The van der Waals surface area contributed by atoms with E-state index < -0.39 is 0 Å². The van der Waals surface area contributed by atoms with Gasteiger partial charge in [0.15, 0.2) is 0 Å². The van der Waals surface area contributed by atoms with Gasteiger partial charge in [-0.2, -0.15) is 0 Å². The van der Waals surface area contributed by atoms with Crippen LogP contribution >= 0.6 is 15.9 Å². The molecule has 4 heteroatoms. The van der Waals surface area contributed by atoms with Crippen LogP contribution in [-0.2, 0) is 16.0 Å². The monoisotopic (exact) mass is 406 g/mol. The van der Waals surface area contributed by atoms with Crippen LogP contribution in [0.15, 0.2) is 18.2 Å². The minimum absolute atomic E-state index is 0.00761. The molecule has 0 radical (unpaired) electrons. The number of halogens is 1. The van der Waals surface area contributed by atoms with Gasteiger partial charge in [0.25, 0.3) is 0 Å². The zero-order valence-electron chi connectivity index (χ0n) is 15.3. The smallest absolute Gasteiger partial charge is 0.302 e. The molecule has 3 nitrogen and oxygen atoms in total. The number of hydrogen-bond acceptors (Lipinski definition) is 3. The van der Waals surface area contributed by atoms with Crippen LogP contribution in [0.25, 0.3) is 0 Å². The molecule has 4 rings (SSSR count). The summed E-state index contributed by atoms with van der Waals surface area (Å²) in [5, 5.41) is 0. The topological polar surface area (TPSA) is 35.5 Å². The molecule has 3 aliphatic rings. The van der Waals surface area contributed by atoms with Crippen LogP contribution < -0.4 is 4.74 Å². The third kappa shape index (κ3) is 2.72. The van der Waals surface area contributed by atoms with E-state index in [1.165, 1.54) is 30.9 Å². The third-order valence-electron chi connectivity index (χ3n) is 7.12. The zero-order chi connectivity index (χ0) is 17.8. The number of alkyl halides is 1. The van der Waals surface area contributed by atoms with E-state index >= 15 is 0 Å². The Balaban J connectivity index is 1.64. The van der Waals surface area contributed by atoms with Gasteiger partial charge in [0.2, 0.25) is 0 Å². The number of rotatable bonds is 2. The molecule has 0 saturated heterocycles. The highest BCUT2D eigenvalue weighted by Crippen LogP contribution is 2.62. The number of carbonyl (C=O) groups is 1. The Kier molecular flexibility index (Phi) is 4.38. The predicted molar refractivity (Wildman–Crippen MR) is 101 cm³/mol. The van der Waals surface area contributed by atoms with Crippen LogP contribution in [0.3, 0.4) is 0 Å². The lowest BCUT2D eigenvalue weighted by Crippen LogP contribution is -2.45.